The molecule has 2 N–H and O–H groups in total. The molecule has 0 fully saturated rings. The maximum absolute atomic E-state index is 12.7. The first kappa shape index (κ1) is 22.4. The summed E-state index contributed by atoms with van der Waals surface area (Å²) in [5.74, 6) is -0.0578. The van der Waals surface area contributed by atoms with Crippen LogP contribution in [0.5, 0.6) is 5.75 Å². The predicted octanol–water partition coefficient (Wildman–Crippen LogP) is 5.48. The molecular formula is C25H26F2N2O2. The average molecular weight is 424 g/mol. The highest BCUT2D eigenvalue weighted by atomic mass is 19.3. The van der Waals surface area contributed by atoms with Gasteiger partial charge in [0.15, 0.2) is 0 Å². The Kier molecular flexibility index (Phi) is 7.73. The molecule has 0 aromatic heterocycles. The van der Waals surface area contributed by atoms with E-state index in [4.69, 9.17) is 0 Å². The van der Waals surface area contributed by atoms with E-state index in [-0.39, 0.29) is 24.2 Å². The normalized spacial score (nSPS) is 11.9. The van der Waals surface area contributed by atoms with Crippen molar-refractivity contribution in [2.45, 2.75) is 32.9 Å². The molecule has 0 spiro atoms. The number of carbonyl (C=O) groups is 1. The number of benzene rings is 3. The van der Waals surface area contributed by atoms with Gasteiger partial charge >= 0.3 is 6.61 Å². The van der Waals surface area contributed by atoms with E-state index in [1.807, 2.05) is 55.5 Å². The summed E-state index contributed by atoms with van der Waals surface area (Å²) < 4.78 is 29.3. The molecule has 4 nitrogen and oxygen atoms in total. The minimum absolute atomic E-state index is 0.0896. The second-order valence-corrected chi connectivity index (χ2v) is 7.18. The van der Waals surface area contributed by atoms with Crippen LogP contribution in [0.4, 0.5) is 14.5 Å². The summed E-state index contributed by atoms with van der Waals surface area (Å²) >= 11 is 0. The molecule has 3 aromatic carbocycles. The lowest BCUT2D eigenvalue weighted by Gasteiger charge is -2.21. The van der Waals surface area contributed by atoms with Gasteiger partial charge in [0.25, 0.3) is 0 Å². The Morgan fingerprint density at radius 2 is 1.61 bits per heavy atom. The third kappa shape index (κ3) is 6.12. The fourth-order valence-electron chi connectivity index (χ4n) is 3.50. The molecule has 0 aliphatic carbocycles. The third-order valence-electron chi connectivity index (χ3n) is 5.04. The van der Waals surface area contributed by atoms with Crippen molar-refractivity contribution in [3.63, 3.8) is 0 Å². The number of hydrogen-bond donors (Lipinski definition) is 2. The van der Waals surface area contributed by atoms with Crippen molar-refractivity contribution in [3.05, 3.63) is 95.1 Å². The highest BCUT2D eigenvalue weighted by Gasteiger charge is 2.16. The summed E-state index contributed by atoms with van der Waals surface area (Å²) in [5.41, 5.74) is 4.75. The Morgan fingerprint density at radius 3 is 2.26 bits per heavy atom. The van der Waals surface area contributed by atoms with Crippen LogP contribution in [0.1, 0.15) is 35.2 Å². The Balaban J connectivity index is 1.75. The van der Waals surface area contributed by atoms with Crippen LogP contribution in [0, 0.1) is 6.92 Å². The molecule has 1 atom stereocenters. The van der Waals surface area contributed by atoms with Crippen LogP contribution in [0.3, 0.4) is 0 Å². The second kappa shape index (κ2) is 10.7. The van der Waals surface area contributed by atoms with Crippen LogP contribution in [0.2, 0.25) is 0 Å². The SMILES string of the molecule is CCc1cccc(C)c1NC(=O)CN[C@H](c1ccccc1)c1ccc(OC(F)F)cc1. The Labute approximate surface area is 181 Å². The number of rotatable bonds is 9. The van der Waals surface area contributed by atoms with E-state index in [9.17, 15) is 13.6 Å². The zero-order valence-electron chi connectivity index (χ0n) is 17.6. The minimum Gasteiger partial charge on any atom is -0.435 e. The fourth-order valence-corrected chi connectivity index (χ4v) is 3.50. The van der Waals surface area contributed by atoms with Crippen molar-refractivity contribution in [1.29, 1.82) is 0 Å². The van der Waals surface area contributed by atoms with Gasteiger partial charge < -0.3 is 10.1 Å². The molecule has 162 valence electrons. The molecule has 31 heavy (non-hydrogen) atoms. The highest BCUT2D eigenvalue weighted by Crippen LogP contribution is 2.25. The molecule has 3 rings (SSSR count). The monoisotopic (exact) mass is 424 g/mol. The van der Waals surface area contributed by atoms with Crippen molar-refractivity contribution in [1.82, 2.24) is 5.32 Å². The maximum atomic E-state index is 12.7. The van der Waals surface area contributed by atoms with Crippen molar-refractivity contribution in [3.8, 4) is 5.75 Å². The summed E-state index contributed by atoms with van der Waals surface area (Å²) in [5, 5.41) is 6.30. The number of carbonyl (C=O) groups excluding carboxylic acids is 1. The molecule has 0 aliphatic heterocycles. The topological polar surface area (TPSA) is 50.4 Å². The number of anilines is 1. The minimum atomic E-state index is -2.87. The average Bonchev–Trinajstić information content (AvgIpc) is 2.77. The van der Waals surface area contributed by atoms with Gasteiger partial charge in [-0.1, -0.05) is 67.6 Å². The lowest BCUT2D eigenvalue weighted by Crippen LogP contribution is -2.32. The summed E-state index contributed by atoms with van der Waals surface area (Å²) in [6.07, 6.45) is 0.824. The Bertz CT molecular complexity index is 992. The van der Waals surface area contributed by atoms with Gasteiger partial charge in [0.2, 0.25) is 5.91 Å². The van der Waals surface area contributed by atoms with Crippen molar-refractivity contribution in [2.24, 2.45) is 0 Å². The number of nitrogens with one attached hydrogen (secondary N) is 2. The van der Waals surface area contributed by atoms with Gasteiger partial charge in [0, 0.05) is 5.69 Å². The molecule has 1 amide bonds. The number of para-hydroxylation sites is 1. The Hall–Kier alpha value is -3.25. The second-order valence-electron chi connectivity index (χ2n) is 7.18. The smallest absolute Gasteiger partial charge is 0.387 e. The first-order valence-electron chi connectivity index (χ1n) is 10.2. The summed E-state index contributed by atoms with van der Waals surface area (Å²) in [4.78, 5) is 12.7. The number of amides is 1. The third-order valence-corrected chi connectivity index (χ3v) is 5.04. The van der Waals surface area contributed by atoms with Crippen molar-refractivity contribution < 1.29 is 18.3 Å². The van der Waals surface area contributed by atoms with E-state index in [1.54, 1.807) is 12.1 Å². The first-order chi connectivity index (χ1) is 15.0. The first-order valence-corrected chi connectivity index (χ1v) is 10.2. The van der Waals surface area contributed by atoms with E-state index in [1.165, 1.54) is 12.1 Å². The summed E-state index contributed by atoms with van der Waals surface area (Å²) in [6.45, 7) is 1.24. The molecule has 0 saturated carbocycles. The van der Waals surface area contributed by atoms with Gasteiger partial charge in [-0.3, -0.25) is 10.1 Å². The lowest BCUT2D eigenvalue weighted by atomic mass is 9.98. The van der Waals surface area contributed by atoms with Crippen LogP contribution in [-0.2, 0) is 11.2 Å². The maximum Gasteiger partial charge on any atom is 0.387 e. The summed E-state index contributed by atoms with van der Waals surface area (Å²) in [7, 11) is 0. The number of hydrogen-bond acceptors (Lipinski definition) is 3. The van der Waals surface area contributed by atoms with E-state index >= 15 is 0 Å². The van der Waals surface area contributed by atoms with Gasteiger partial charge in [-0.15, -0.1) is 0 Å². The lowest BCUT2D eigenvalue weighted by molar-refractivity contribution is -0.115. The van der Waals surface area contributed by atoms with E-state index in [0.717, 1.165) is 34.4 Å². The van der Waals surface area contributed by atoms with E-state index in [2.05, 4.69) is 22.3 Å². The molecular weight excluding hydrogens is 398 g/mol. The zero-order chi connectivity index (χ0) is 22.2. The summed E-state index contributed by atoms with van der Waals surface area (Å²) in [6, 6.07) is 21.8. The number of ether oxygens (including phenoxy) is 1. The fraction of sp³-hybridized carbons (Fsp3) is 0.240. The molecule has 0 unspecified atom stereocenters. The van der Waals surface area contributed by atoms with Gasteiger partial charge in [-0.2, -0.15) is 8.78 Å². The van der Waals surface area contributed by atoms with Crippen molar-refractivity contribution >= 4 is 11.6 Å². The van der Waals surface area contributed by atoms with Crippen LogP contribution >= 0.6 is 0 Å². The van der Waals surface area contributed by atoms with Gasteiger partial charge in [0.05, 0.1) is 12.6 Å². The molecule has 0 heterocycles. The van der Waals surface area contributed by atoms with Crippen LogP contribution < -0.4 is 15.4 Å². The molecule has 3 aromatic rings. The van der Waals surface area contributed by atoms with Gasteiger partial charge in [-0.25, -0.2) is 0 Å². The number of halogens is 2. The van der Waals surface area contributed by atoms with Crippen LogP contribution in [0.25, 0.3) is 0 Å². The quantitative estimate of drug-likeness (QED) is 0.478. The highest BCUT2D eigenvalue weighted by molar-refractivity contribution is 5.93. The molecule has 6 heteroatoms. The Morgan fingerprint density at radius 1 is 0.935 bits per heavy atom. The van der Waals surface area contributed by atoms with Crippen molar-refractivity contribution in [2.75, 3.05) is 11.9 Å². The molecule has 0 bridgehead atoms. The van der Waals surface area contributed by atoms with Gasteiger partial charge in [0.1, 0.15) is 5.75 Å². The van der Waals surface area contributed by atoms with Gasteiger partial charge in [-0.05, 0) is 47.7 Å². The number of alkyl halides is 2. The number of aryl methyl sites for hydroxylation is 2. The van der Waals surface area contributed by atoms with E-state index in [0.29, 0.717) is 0 Å². The molecule has 0 saturated heterocycles. The standard InChI is InChI=1S/C25H26F2N2O2/c1-3-18-11-7-8-17(2)23(18)29-22(30)16-28-24(19-9-5-4-6-10-19)20-12-14-21(15-13-20)31-25(26)27/h4-15,24-25,28H,3,16H2,1-2H3,(H,29,30)/t24-/m1/s1. The predicted molar refractivity (Wildman–Crippen MR) is 119 cm³/mol. The van der Waals surface area contributed by atoms with Crippen LogP contribution in [-0.4, -0.2) is 19.1 Å². The largest absolute Gasteiger partial charge is 0.435 e. The molecule has 0 aliphatic rings. The van der Waals surface area contributed by atoms with Crippen LogP contribution in [0.15, 0.2) is 72.8 Å². The zero-order valence-corrected chi connectivity index (χ0v) is 17.6. The molecule has 0 radical (unpaired) electrons. The van der Waals surface area contributed by atoms with E-state index < -0.39 is 6.61 Å².